The highest BCUT2D eigenvalue weighted by Crippen LogP contribution is 2.30. The molecule has 30 heavy (non-hydrogen) atoms. The molecule has 154 valence electrons. The van der Waals surface area contributed by atoms with Crippen LogP contribution in [0.3, 0.4) is 0 Å². The highest BCUT2D eigenvalue weighted by molar-refractivity contribution is 5.79. The van der Waals surface area contributed by atoms with E-state index in [1.807, 2.05) is 73.2 Å². The van der Waals surface area contributed by atoms with Gasteiger partial charge in [0, 0.05) is 25.1 Å². The summed E-state index contributed by atoms with van der Waals surface area (Å²) in [5.74, 6) is 0.430. The van der Waals surface area contributed by atoms with Gasteiger partial charge in [-0.3, -0.25) is 19.7 Å². The maximum Gasteiger partial charge on any atom is 0.224 e. The molecule has 1 amide bonds. The number of nitrogens with zero attached hydrogens (tertiary/aromatic N) is 3. The molecule has 0 radical (unpaired) electrons. The first-order valence-corrected chi connectivity index (χ1v) is 10.6. The average Bonchev–Trinajstić information content (AvgIpc) is 2.80. The summed E-state index contributed by atoms with van der Waals surface area (Å²) in [5.41, 5.74) is 3.22. The summed E-state index contributed by atoms with van der Waals surface area (Å²) in [6.45, 7) is 2.95. The minimum atomic E-state index is -0.0528. The molecule has 0 bridgehead atoms. The van der Waals surface area contributed by atoms with E-state index in [-0.39, 0.29) is 11.9 Å². The lowest BCUT2D eigenvalue weighted by molar-refractivity contribution is -0.121. The third-order valence-corrected chi connectivity index (χ3v) is 5.76. The van der Waals surface area contributed by atoms with Gasteiger partial charge in [0.25, 0.3) is 0 Å². The second-order valence-electron chi connectivity index (χ2n) is 7.94. The SMILES string of the molecule is O=C(Cc1ccccc1)N[C@@H](c1ccccn1)C1CCN(Cc2cccnc2)CC1. The number of pyridine rings is 2. The molecule has 1 aliphatic rings. The van der Waals surface area contributed by atoms with Crippen molar-refractivity contribution in [2.24, 2.45) is 5.92 Å². The molecule has 1 atom stereocenters. The van der Waals surface area contributed by atoms with Crippen LogP contribution < -0.4 is 5.32 Å². The Labute approximate surface area is 178 Å². The number of rotatable bonds is 7. The first-order chi connectivity index (χ1) is 14.8. The van der Waals surface area contributed by atoms with Crippen LogP contribution in [0.2, 0.25) is 0 Å². The Morgan fingerprint density at radius 1 is 0.967 bits per heavy atom. The Balaban J connectivity index is 1.40. The predicted molar refractivity (Wildman–Crippen MR) is 118 cm³/mol. The molecule has 2 aromatic heterocycles. The third kappa shape index (κ3) is 5.51. The molecule has 1 fully saturated rings. The highest BCUT2D eigenvalue weighted by atomic mass is 16.1. The number of hydrogen-bond donors (Lipinski definition) is 1. The fraction of sp³-hybridized carbons (Fsp3) is 0.320. The van der Waals surface area contributed by atoms with E-state index in [4.69, 9.17) is 0 Å². The molecular weight excluding hydrogens is 372 g/mol. The zero-order chi connectivity index (χ0) is 20.6. The van der Waals surface area contributed by atoms with E-state index in [1.54, 1.807) is 0 Å². The molecule has 1 N–H and O–H groups in total. The van der Waals surface area contributed by atoms with Gasteiger partial charge in [-0.15, -0.1) is 0 Å². The van der Waals surface area contributed by atoms with E-state index in [0.29, 0.717) is 12.3 Å². The van der Waals surface area contributed by atoms with Gasteiger partial charge < -0.3 is 5.32 Å². The zero-order valence-electron chi connectivity index (χ0n) is 17.2. The number of carbonyl (C=O) groups is 1. The minimum absolute atomic E-state index is 0.0506. The first kappa shape index (κ1) is 20.2. The molecule has 1 aliphatic heterocycles. The molecule has 3 aromatic rings. The second-order valence-corrected chi connectivity index (χ2v) is 7.94. The maximum absolute atomic E-state index is 12.8. The maximum atomic E-state index is 12.8. The van der Waals surface area contributed by atoms with Crippen LogP contribution in [0.25, 0.3) is 0 Å². The molecule has 0 unspecified atom stereocenters. The summed E-state index contributed by atoms with van der Waals surface area (Å²) in [4.78, 5) is 24.0. The van der Waals surface area contributed by atoms with Gasteiger partial charge in [-0.25, -0.2) is 0 Å². The van der Waals surface area contributed by atoms with Gasteiger partial charge in [0.1, 0.15) is 0 Å². The monoisotopic (exact) mass is 400 g/mol. The zero-order valence-corrected chi connectivity index (χ0v) is 17.2. The molecule has 3 heterocycles. The van der Waals surface area contributed by atoms with Crippen LogP contribution >= 0.6 is 0 Å². The van der Waals surface area contributed by atoms with Gasteiger partial charge in [0.15, 0.2) is 0 Å². The van der Waals surface area contributed by atoms with E-state index in [1.165, 1.54) is 5.56 Å². The number of hydrogen-bond acceptors (Lipinski definition) is 4. The Hall–Kier alpha value is -3.05. The number of carbonyl (C=O) groups excluding carboxylic acids is 1. The molecule has 5 nitrogen and oxygen atoms in total. The van der Waals surface area contributed by atoms with Crippen LogP contribution in [0.1, 0.15) is 35.7 Å². The molecule has 0 saturated carbocycles. The van der Waals surface area contributed by atoms with Crippen molar-refractivity contribution in [2.45, 2.75) is 31.8 Å². The summed E-state index contributed by atoms with van der Waals surface area (Å²) in [6, 6.07) is 19.9. The summed E-state index contributed by atoms with van der Waals surface area (Å²) in [6.07, 6.45) is 8.02. The topological polar surface area (TPSA) is 58.1 Å². The Bertz CT molecular complexity index is 910. The Kier molecular flexibility index (Phi) is 6.83. The molecule has 1 saturated heterocycles. The smallest absolute Gasteiger partial charge is 0.224 e. The van der Waals surface area contributed by atoms with Crippen LogP contribution in [-0.4, -0.2) is 33.9 Å². The summed E-state index contributed by atoms with van der Waals surface area (Å²) >= 11 is 0. The van der Waals surface area contributed by atoms with Gasteiger partial charge in [0.05, 0.1) is 18.2 Å². The van der Waals surface area contributed by atoms with Crippen LogP contribution in [0, 0.1) is 5.92 Å². The van der Waals surface area contributed by atoms with Crippen LogP contribution in [-0.2, 0) is 17.8 Å². The van der Waals surface area contributed by atoms with Crippen molar-refractivity contribution in [3.8, 4) is 0 Å². The second kappa shape index (κ2) is 10.1. The quantitative estimate of drug-likeness (QED) is 0.656. The first-order valence-electron chi connectivity index (χ1n) is 10.6. The van der Waals surface area contributed by atoms with Crippen molar-refractivity contribution in [2.75, 3.05) is 13.1 Å². The molecule has 4 rings (SSSR count). The Morgan fingerprint density at radius 2 is 1.73 bits per heavy atom. The normalized spacial score (nSPS) is 16.1. The predicted octanol–water partition coefficient (Wildman–Crippen LogP) is 3.79. The lowest BCUT2D eigenvalue weighted by Crippen LogP contribution is -2.41. The van der Waals surface area contributed by atoms with E-state index < -0.39 is 0 Å². The van der Waals surface area contributed by atoms with E-state index in [9.17, 15) is 4.79 Å². The number of nitrogens with one attached hydrogen (secondary N) is 1. The van der Waals surface area contributed by atoms with Gasteiger partial charge in [-0.05, 0) is 61.2 Å². The number of aromatic nitrogens is 2. The fourth-order valence-electron chi connectivity index (χ4n) is 4.19. The Morgan fingerprint density at radius 3 is 2.43 bits per heavy atom. The average molecular weight is 401 g/mol. The lowest BCUT2D eigenvalue weighted by Gasteiger charge is -2.36. The largest absolute Gasteiger partial charge is 0.347 e. The van der Waals surface area contributed by atoms with Gasteiger partial charge in [-0.1, -0.05) is 42.5 Å². The van der Waals surface area contributed by atoms with E-state index in [0.717, 1.165) is 43.7 Å². The van der Waals surface area contributed by atoms with Gasteiger partial charge in [-0.2, -0.15) is 0 Å². The van der Waals surface area contributed by atoms with Crippen molar-refractivity contribution < 1.29 is 4.79 Å². The van der Waals surface area contributed by atoms with Crippen LogP contribution in [0.4, 0.5) is 0 Å². The number of amides is 1. The standard InChI is InChI=1S/C25H28N4O/c30-24(17-20-7-2-1-3-8-20)28-25(23-10-4-5-14-27-23)22-11-15-29(16-12-22)19-21-9-6-13-26-18-21/h1-10,13-14,18,22,25H,11-12,15-17,19H2,(H,28,30)/t25-/m1/s1. The van der Waals surface area contributed by atoms with Crippen LogP contribution in [0.5, 0.6) is 0 Å². The summed E-state index contributed by atoms with van der Waals surface area (Å²) in [5, 5.41) is 3.29. The lowest BCUT2D eigenvalue weighted by atomic mass is 9.87. The molecule has 0 spiro atoms. The summed E-state index contributed by atoms with van der Waals surface area (Å²) < 4.78 is 0. The summed E-state index contributed by atoms with van der Waals surface area (Å²) in [7, 11) is 0. The fourth-order valence-corrected chi connectivity index (χ4v) is 4.19. The number of likely N-dealkylation sites (tertiary alicyclic amines) is 1. The molecule has 0 aliphatic carbocycles. The van der Waals surface area contributed by atoms with Gasteiger partial charge in [0.2, 0.25) is 5.91 Å². The highest BCUT2D eigenvalue weighted by Gasteiger charge is 2.29. The number of piperidine rings is 1. The molecule has 1 aromatic carbocycles. The molecular formula is C25H28N4O. The van der Waals surface area contributed by atoms with Crippen molar-refractivity contribution in [3.05, 3.63) is 96.1 Å². The minimum Gasteiger partial charge on any atom is -0.347 e. The van der Waals surface area contributed by atoms with Crippen molar-refractivity contribution in [1.82, 2.24) is 20.2 Å². The van der Waals surface area contributed by atoms with Crippen molar-refractivity contribution >= 4 is 5.91 Å². The molecule has 5 heteroatoms. The third-order valence-electron chi connectivity index (χ3n) is 5.76. The van der Waals surface area contributed by atoms with Crippen LogP contribution in [0.15, 0.2) is 79.3 Å². The van der Waals surface area contributed by atoms with E-state index >= 15 is 0 Å². The van der Waals surface area contributed by atoms with Gasteiger partial charge >= 0.3 is 0 Å². The van der Waals surface area contributed by atoms with E-state index in [2.05, 4.69) is 26.3 Å². The number of benzene rings is 1. The van der Waals surface area contributed by atoms with Crippen molar-refractivity contribution in [3.63, 3.8) is 0 Å². The van der Waals surface area contributed by atoms with Crippen molar-refractivity contribution in [1.29, 1.82) is 0 Å².